The van der Waals surface area contributed by atoms with Crippen LogP contribution in [0.2, 0.25) is 0 Å². The molecule has 0 aromatic carbocycles. The molecule has 0 heterocycles. The van der Waals surface area contributed by atoms with Crippen molar-refractivity contribution in [1.82, 2.24) is 10.2 Å². The third-order valence-electron chi connectivity index (χ3n) is 1.80. The molecule has 0 aromatic heterocycles. The average molecular weight is 216 g/mol. The molecule has 0 radical (unpaired) electrons. The summed E-state index contributed by atoms with van der Waals surface area (Å²) >= 11 is 0. The summed E-state index contributed by atoms with van der Waals surface area (Å²) in [6.07, 6.45) is 0.719. The molecule has 0 rings (SSSR count). The minimum atomic E-state index is -0.162. The molecular formula is C10H20N2O3. The summed E-state index contributed by atoms with van der Waals surface area (Å²) < 4.78 is 0. The smallest absolute Gasteiger partial charge is 0.239 e. The number of likely N-dealkylation sites (N-methyl/N-ethyl adjacent to an activating group) is 1. The van der Waals surface area contributed by atoms with Gasteiger partial charge >= 0.3 is 0 Å². The van der Waals surface area contributed by atoms with Gasteiger partial charge in [-0.3, -0.25) is 9.59 Å². The molecule has 0 aromatic rings. The van der Waals surface area contributed by atoms with Crippen molar-refractivity contribution < 1.29 is 14.7 Å². The van der Waals surface area contributed by atoms with Crippen molar-refractivity contribution in [2.75, 3.05) is 20.2 Å². The number of rotatable bonds is 6. The largest absolute Gasteiger partial charge is 0.396 e. The Bertz CT molecular complexity index is 217. The number of carbonyl (C=O) groups is 2. The molecule has 0 unspecified atom stereocenters. The van der Waals surface area contributed by atoms with Gasteiger partial charge in [0.05, 0.1) is 6.54 Å². The van der Waals surface area contributed by atoms with Gasteiger partial charge in [0.2, 0.25) is 11.8 Å². The number of nitrogens with zero attached hydrogens (tertiary/aromatic N) is 1. The second-order valence-electron chi connectivity index (χ2n) is 3.80. The molecule has 0 aliphatic heterocycles. The van der Waals surface area contributed by atoms with Crippen LogP contribution >= 0.6 is 0 Å². The SMILES string of the molecule is CC(C)NC(=O)CN(C)C(=O)CCCO. The highest BCUT2D eigenvalue weighted by Crippen LogP contribution is 1.94. The fourth-order valence-electron chi connectivity index (χ4n) is 1.09. The predicted octanol–water partition coefficient (Wildman–Crippen LogP) is -0.258. The molecule has 2 N–H and O–H groups in total. The van der Waals surface area contributed by atoms with E-state index in [4.69, 9.17) is 5.11 Å². The van der Waals surface area contributed by atoms with Gasteiger partial charge in [-0.25, -0.2) is 0 Å². The number of aliphatic hydroxyl groups excluding tert-OH is 1. The van der Waals surface area contributed by atoms with E-state index >= 15 is 0 Å². The van der Waals surface area contributed by atoms with Crippen LogP contribution in [0.25, 0.3) is 0 Å². The van der Waals surface area contributed by atoms with Gasteiger partial charge in [-0.15, -0.1) is 0 Å². The summed E-state index contributed by atoms with van der Waals surface area (Å²) in [4.78, 5) is 24.0. The minimum absolute atomic E-state index is 0.00221. The summed E-state index contributed by atoms with van der Waals surface area (Å²) in [5, 5.41) is 11.3. The summed E-state index contributed by atoms with van der Waals surface area (Å²) in [6.45, 7) is 3.80. The summed E-state index contributed by atoms with van der Waals surface area (Å²) in [6, 6.07) is 0.0819. The van der Waals surface area contributed by atoms with E-state index in [1.54, 1.807) is 7.05 Å². The van der Waals surface area contributed by atoms with Crippen LogP contribution in [-0.2, 0) is 9.59 Å². The molecule has 88 valence electrons. The van der Waals surface area contributed by atoms with Crippen LogP contribution in [0.1, 0.15) is 26.7 Å². The van der Waals surface area contributed by atoms with Crippen molar-refractivity contribution in [3.8, 4) is 0 Å². The topological polar surface area (TPSA) is 69.6 Å². The first kappa shape index (κ1) is 13.9. The zero-order chi connectivity index (χ0) is 11.8. The van der Waals surface area contributed by atoms with E-state index in [1.165, 1.54) is 4.90 Å². The van der Waals surface area contributed by atoms with Gasteiger partial charge in [0.15, 0.2) is 0 Å². The first-order valence-corrected chi connectivity index (χ1v) is 5.11. The Morgan fingerprint density at radius 1 is 1.40 bits per heavy atom. The maximum atomic E-state index is 11.4. The van der Waals surface area contributed by atoms with E-state index in [0.717, 1.165) is 0 Å². The molecule has 0 saturated heterocycles. The first-order chi connectivity index (χ1) is 6.97. The average Bonchev–Trinajstić information content (AvgIpc) is 2.12. The lowest BCUT2D eigenvalue weighted by Gasteiger charge is -2.17. The molecule has 0 atom stereocenters. The van der Waals surface area contributed by atoms with Gasteiger partial charge in [-0.2, -0.15) is 0 Å². The zero-order valence-corrected chi connectivity index (χ0v) is 9.62. The lowest BCUT2D eigenvalue weighted by atomic mass is 10.3. The monoisotopic (exact) mass is 216 g/mol. The Hall–Kier alpha value is -1.10. The molecule has 5 nitrogen and oxygen atoms in total. The molecule has 0 spiro atoms. The maximum Gasteiger partial charge on any atom is 0.239 e. The maximum absolute atomic E-state index is 11.4. The number of nitrogens with one attached hydrogen (secondary N) is 1. The van der Waals surface area contributed by atoms with Crippen LogP contribution in [0.4, 0.5) is 0 Å². The van der Waals surface area contributed by atoms with Crippen molar-refractivity contribution in [3.63, 3.8) is 0 Å². The Kier molecular flexibility index (Phi) is 6.70. The number of aliphatic hydroxyl groups is 1. The molecule has 0 bridgehead atoms. The lowest BCUT2D eigenvalue weighted by Crippen LogP contribution is -2.40. The second-order valence-corrected chi connectivity index (χ2v) is 3.80. The first-order valence-electron chi connectivity index (χ1n) is 5.11. The van der Waals surface area contributed by atoms with Crippen molar-refractivity contribution >= 4 is 11.8 Å². The molecule has 0 saturated carbocycles. The van der Waals surface area contributed by atoms with Crippen LogP contribution < -0.4 is 5.32 Å². The number of hydrogen-bond donors (Lipinski definition) is 2. The van der Waals surface area contributed by atoms with E-state index in [9.17, 15) is 9.59 Å². The molecule has 0 aliphatic carbocycles. The Labute approximate surface area is 90.5 Å². The Morgan fingerprint density at radius 3 is 2.47 bits per heavy atom. The van der Waals surface area contributed by atoms with Crippen LogP contribution in [0.15, 0.2) is 0 Å². The quantitative estimate of drug-likeness (QED) is 0.643. The van der Waals surface area contributed by atoms with E-state index < -0.39 is 0 Å². The molecule has 0 fully saturated rings. The van der Waals surface area contributed by atoms with Crippen LogP contribution in [0.5, 0.6) is 0 Å². The third kappa shape index (κ3) is 6.90. The highest BCUT2D eigenvalue weighted by atomic mass is 16.3. The van der Waals surface area contributed by atoms with Gasteiger partial charge in [0.25, 0.3) is 0 Å². The predicted molar refractivity (Wildman–Crippen MR) is 57.2 cm³/mol. The highest BCUT2D eigenvalue weighted by Gasteiger charge is 2.12. The van der Waals surface area contributed by atoms with Crippen molar-refractivity contribution in [2.45, 2.75) is 32.7 Å². The molecule has 0 aliphatic rings. The minimum Gasteiger partial charge on any atom is -0.396 e. The second kappa shape index (κ2) is 7.23. The number of amides is 2. The van der Waals surface area contributed by atoms with Crippen molar-refractivity contribution in [2.24, 2.45) is 0 Å². The Morgan fingerprint density at radius 2 is 2.00 bits per heavy atom. The molecule has 15 heavy (non-hydrogen) atoms. The number of hydrogen-bond acceptors (Lipinski definition) is 3. The summed E-state index contributed by atoms with van der Waals surface area (Å²) in [7, 11) is 1.58. The molecule has 2 amide bonds. The number of carbonyl (C=O) groups excluding carboxylic acids is 2. The standard InChI is InChI=1S/C10H20N2O3/c1-8(2)11-9(14)7-12(3)10(15)5-4-6-13/h8,13H,4-7H2,1-3H3,(H,11,14). The lowest BCUT2D eigenvalue weighted by molar-refractivity contribution is -0.135. The van der Waals surface area contributed by atoms with Gasteiger partial charge < -0.3 is 15.3 Å². The van der Waals surface area contributed by atoms with Crippen LogP contribution in [0, 0.1) is 0 Å². The van der Waals surface area contributed by atoms with E-state index in [1.807, 2.05) is 13.8 Å². The van der Waals surface area contributed by atoms with Gasteiger partial charge in [0, 0.05) is 26.1 Å². The van der Waals surface area contributed by atoms with E-state index in [2.05, 4.69) is 5.32 Å². The Balaban J connectivity index is 3.85. The van der Waals surface area contributed by atoms with Crippen LogP contribution in [-0.4, -0.2) is 48.1 Å². The summed E-state index contributed by atoms with van der Waals surface area (Å²) in [5.74, 6) is -0.284. The van der Waals surface area contributed by atoms with Crippen LogP contribution in [0.3, 0.4) is 0 Å². The van der Waals surface area contributed by atoms with Gasteiger partial charge in [-0.1, -0.05) is 0 Å². The van der Waals surface area contributed by atoms with E-state index in [0.29, 0.717) is 6.42 Å². The van der Waals surface area contributed by atoms with Gasteiger partial charge in [0.1, 0.15) is 0 Å². The fraction of sp³-hybridized carbons (Fsp3) is 0.800. The molecule has 5 heteroatoms. The summed E-state index contributed by atoms with van der Waals surface area (Å²) in [5.41, 5.74) is 0. The highest BCUT2D eigenvalue weighted by molar-refractivity contribution is 5.84. The van der Waals surface area contributed by atoms with E-state index in [-0.39, 0.29) is 37.4 Å². The third-order valence-corrected chi connectivity index (χ3v) is 1.80. The van der Waals surface area contributed by atoms with Crippen molar-refractivity contribution in [1.29, 1.82) is 0 Å². The van der Waals surface area contributed by atoms with Crippen molar-refractivity contribution in [3.05, 3.63) is 0 Å². The zero-order valence-electron chi connectivity index (χ0n) is 9.62. The van der Waals surface area contributed by atoms with Gasteiger partial charge in [-0.05, 0) is 20.3 Å². The molecular weight excluding hydrogens is 196 g/mol. The normalized spacial score (nSPS) is 10.2. The fourth-order valence-corrected chi connectivity index (χ4v) is 1.09.